The monoisotopic (exact) mass is 420 g/mol. The molecule has 0 radical (unpaired) electrons. The number of nitrogens with two attached hydrogens (primary N) is 1. The van der Waals surface area contributed by atoms with Gasteiger partial charge in [0.2, 0.25) is 10.0 Å². The maximum atomic E-state index is 11.6. The number of rotatable bonds is 5. The van der Waals surface area contributed by atoms with Crippen molar-refractivity contribution in [2.45, 2.75) is 18.3 Å². The first-order valence-electron chi connectivity index (χ1n) is 9.34. The molecule has 0 spiro atoms. The lowest BCUT2D eigenvalue weighted by molar-refractivity contribution is 0.201. The van der Waals surface area contributed by atoms with E-state index in [1.807, 2.05) is 48.5 Å². The summed E-state index contributed by atoms with van der Waals surface area (Å²) in [5.41, 5.74) is 4.73. The predicted molar refractivity (Wildman–Crippen MR) is 113 cm³/mol. The molecule has 7 heteroatoms. The van der Waals surface area contributed by atoms with Crippen molar-refractivity contribution in [2.24, 2.45) is 5.14 Å². The zero-order valence-corrected chi connectivity index (χ0v) is 17.1. The van der Waals surface area contributed by atoms with E-state index in [0.717, 1.165) is 22.3 Å². The number of hydrogen-bond donors (Lipinski definition) is 1. The Morgan fingerprint density at radius 1 is 1.10 bits per heavy atom. The zero-order valence-electron chi connectivity index (χ0n) is 16.3. The summed E-state index contributed by atoms with van der Waals surface area (Å²) in [7, 11) is -2.06. The van der Waals surface area contributed by atoms with Crippen LogP contribution in [0.3, 0.4) is 0 Å². The number of sulfonamides is 1. The first kappa shape index (κ1) is 20.0. The highest BCUT2D eigenvalue weighted by atomic mass is 32.2. The first-order chi connectivity index (χ1) is 14.4. The third-order valence-electron chi connectivity index (χ3n) is 5.05. The smallest absolute Gasteiger partial charge is 0.213 e. The summed E-state index contributed by atoms with van der Waals surface area (Å²) in [6, 6.07) is 20.6. The van der Waals surface area contributed by atoms with Crippen LogP contribution >= 0.6 is 0 Å². The van der Waals surface area contributed by atoms with Crippen molar-refractivity contribution in [1.29, 1.82) is 5.26 Å². The van der Waals surface area contributed by atoms with E-state index in [-0.39, 0.29) is 11.9 Å². The highest BCUT2D eigenvalue weighted by Gasteiger charge is 2.29. The summed E-state index contributed by atoms with van der Waals surface area (Å²) >= 11 is 0. The summed E-state index contributed by atoms with van der Waals surface area (Å²) in [6.07, 6.45) is 0.173. The van der Waals surface area contributed by atoms with Gasteiger partial charge in [-0.3, -0.25) is 0 Å². The third-order valence-corrected chi connectivity index (χ3v) is 5.79. The molecule has 1 aliphatic heterocycles. The van der Waals surface area contributed by atoms with Crippen molar-refractivity contribution in [3.05, 3.63) is 82.9 Å². The van der Waals surface area contributed by atoms with Crippen LogP contribution in [0.2, 0.25) is 0 Å². The number of ether oxygens (including phenoxy) is 2. The number of primary sulfonamides is 1. The van der Waals surface area contributed by atoms with Crippen molar-refractivity contribution >= 4 is 10.0 Å². The van der Waals surface area contributed by atoms with Crippen LogP contribution in [-0.2, 0) is 22.2 Å². The minimum Gasteiger partial charge on any atom is -0.496 e. The summed E-state index contributed by atoms with van der Waals surface area (Å²) < 4.78 is 35.1. The quantitative estimate of drug-likeness (QED) is 0.678. The fraction of sp³-hybridized carbons (Fsp3) is 0.174. The number of nitrogens with zero attached hydrogens (tertiary/aromatic N) is 1. The molecule has 30 heavy (non-hydrogen) atoms. The Bertz CT molecular complexity index is 1260. The molecule has 3 aromatic carbocycles. The summed E-state index contributed by atoms with van der Waals surface area (Å²) in [4.78, 5) is 0. The second-order valence-electron chi connectivity index (χ2n) is 7.19. The Hall–Kier alpha value is -3.34. The lowest BCUT2D eigenvalue weighted by Crippen LogP contribution is -2.19. The van der Waals surface area contributed by atoms with E-state index < -0.39 is 10.0 Å². The van der Waals surface area contributed by atoms with Crippen LogP contribution in [0.15, 0.2) is 60.7 Å². The summed E-state index contributed by atoms with van der Waals surface area (Å²) in [5, 5.41) is 14.4. The Morgan fingerprint density at radius 2 is 1.90 bits per heavy atom. The van der Waals surface area contributed by atoms with E-state index in [9.17, 15) is 13.7 Å². The molecule has 0 saturated carbocycles. The maximum Gasteiger partial charge on any atom is 0.213 e. The lowest BCUT2D eigenvalue weighted by atomic mass is 9.88. The number of methoxy groups -OCH3 is 1. The molecule has 4 rings (SSSR count). The van der Waals surface area contributed by atoms with Crippen molar-refractivity contribution in [3.63, 3.8) is 0 Å². The average Bonchev–Trinajstić information content (AvgIpc) is 2.72. The normalized spacial score (nSPS) is 14.8. The zero-order chi connectivity index (χ0) is 21.3. The fourth-order valence-corrected chi connectivity index (χ4v) is 4.47. The highest BCUT2D eigenvalue weighted by molar-refractivity contribution is 7.88. The molecule has 1 atom stereocenters. The van der Waals surface area contributed by atoms with Gasteiger partial charge in [-0.15, -0.1) is 0 Å². The molecule has 0 bridgehead atoms. The molecule has 2 N–H and O–H groups in total. The van der Waals surface area contributed by atoms with Gasteiger partial charge in [0.05, 0.1) is 30.1 Å². The van der Waals surface area contributed by atoms with Crippen molar-refractivity contribution < 1.29 is 17.9 Å². The van der Waals surface area contributed by atoms with E-state index in [1.165, 1.54) is 0 Å². The van der Waals surface area contributed by atoms with Crippen molar-refractivity contribution in [1.82, 2.24) is 0 Å². The van der Waals surface area contributed by atoms with Gasteiger partial charge in [-0.25, -0.2) is 13.6 Å². The Morgan fingerprint density at radius 3 is 2.63 bits per heavy atom. The molecule has 3 aromatic rings. The minimum atomic E-state index is -3.66. The van der Waals surface area contributed by atoms with Gasteiger partial charge >= 0.3 is 0 Å². The van der Waals surface area contributed by atoms with Crippen LogP contribution in [0.25, 0.3) is 11.1 Å². The van der Waals surface area contributed by atoms with Crippen LogP contribution in [0.4, 0.5) is 0 Å². The topological polar surface area (TPSA) is 102 Å². The van der Waals surface area contributed by atoms with Crippen LogP contribution in [0.1, 0.15) is 28.4 Å². The molecular formula is C23H20N2O4S. The van der Waals surface area contributed by atoms with Crippen LogP contribution in [0, 0.1) is 11.3 Å². The molecule has 0 saturated heterocycles. The van der Waals surface area contributed by atoms with E-state index in [2.05, 4.69) is 6.07 Å². The van der Waals surface area contributed by atoms with Gasteiger partial charge in [0, 0.05) is 12.0 Å². The Labute approximate surface area is 175 Å². The molecule has 0 aromatic heterocycles. The Kier molecular flexibility index (Phi) is 5.20. The predicted octanol–water partition coefficient (Wildman–Crippen LogP) is 3.70. The molecule has 0 amide bonds. The van der Waals surface area contributed by atoms with Crippen LogP contribution in [-0.4, -0.2) is 15.5 Å². The van der Waals surface area contributed by atoms with E-state index in [0.29, 0.717) is 29.0 Å². The maximum absolute atomic E-state index is 11.6. The standard InChI is InChI=1S/C23H20N2O4S/c1-28-20-6-3-7-21-23(20)18-9-8-17(14-30(25,26)27)11-19(18)22(29-21)12-15-4-2-5-16(10-15)13-24/h2-11,22H,12,14H2,1H3,(H2,25,26,27). The van der Waals surface area contributed by atoms with Gasteiger partial charge in [0.15, 0.2) is 0 Å². The van der Waals surface area contributed by atoms with Crippen molar-refractivity contribution in [3.8, 4) is 28.7 Å². The second kappa shape index (κ2) is 7.82. The van der Waals surface area contributed by atoms with Gasteiger partial charge in [0.1, 0.15) is 17.6 Å². The molecule has 6 nitrogen and oxygen atoms in total. The third kappa shape index (κ3) is 4.01. The fourth-order valence-electron chi connectivity index (χ4n) is 3.82. The average molecular weight is 420 g/mol. The van der Waals surface area contributed by atoms with Gasteiger partial charge in [-0.1, -0.05) is 36.4 Å². The van der Waals surface area contributed by atoms with Gasteiger partial charge in [0.25, 0.3) is 0 Å². The Balaban J connectivity index is 1.83. The summed E-state index contributed by atoms with van der Waals surface area (Å²) in [6.45, 7) is 0. The van der Waals surface area contributed by atoms with Gasteiger partial charge in [-0.05, 0) is 41.0 Å². The largest absolute Gasteiger partial charge is 0.496 e. The number of fused-ring (bicyclic) bond motifs is 3. The number of nitriles is 1. The minimum absolute atomic E-state index is 0.254. The van der Waals surface area contributed by atoms with Crippen molar-refractivity contribution in [2.75, 3.05) is 7.11 Å². The second-order valence-corrected chi connectivity index (χ2v) is 8.80. The van der Waals surface area contributed by atoms with E-state index in [1.54, 1.807) is 19.2 Å². The van der Waals surface area contributed by atoms with Gasteiger partial charge in [-0.2, -0.15) is 5.26 Å². The van der Waals surface area contributed by atoms with Crippen LogP contribution < -0.4 is 14.6 Å². The van der Waals surface area contributed by atoms with Gasteiger partial charge < -0.3 is 9.47 Å². The van der Waals surface area contributed by atoms with Crippen LogP contribution in [0.5, 0.6) is 11.5 Å². The molecule has 0 fully saturated rings. The molecule has 152 valence electrons. The number of hydrogen-bond acceptors (Lipinski definition) is 5. The van der Waals surface area contributed by atoms with E-state index in [4.69, 9.17) is 14.6 Å². The lowest BCUT2D eigenvalue weighted by Gasteiger charge is -2.30. The SMILES string of the molecule is COc1cccc2c1-c1ccc(CS(N)(=O)=O)cc1C(Cc1cccc(C#N)c1)O2. The molecule has 0 aliphatic carbocycles. The summed E-state index contributed by atoms with van der Waals surface area (Å²) in [5.74, 6) is 1.12. The molecule has 1 heterocycles. The molecule has 1 unspecified atom stereocenters. The van der Waals surface area contributed by atoms with E-state index >= 15 is 0 Å². The first-order valence-corrected chi connectivity index (χ1v) is 11.1. The molecule has 1 aliphatic rings. The number of benzene rings is 3. The highest BCUT2D eigenvalue weighted by Crippen LogP contribution is 2.48. The molecular weight excluding hydrogens is 400 g/mol.